The van der Waals surface area contributed by atoms with Crippen molar-refractivity contribution in [3.63, 3.8) is 0 Å². The third kappa shape index (κ3) is 6.19. The van der Waals surface area contributed by atoms with Crippen LogP contribution in [0.1, 0.15) is 26.7 Å². The molecular formula is C13H20NO5P. The van der Waals surface area contributed by atoms with Crippen LogP contribution in [-0.2, 0) is 14.1 Å². The smallest absolute Gasteiger partial charge is 0.456 e. The van der Waals surface area contributed by atoms with Crippen LogP contribution in [0.4, 0.5) is 0 Å². The molecule has 0 fully saturated rings. The molecule has 0 amide bonds. The van der Waals surface area contributed by atoms with Crippen LogP contribution in [0.15, 0.2) is 30.3 Å². The molecule has 0 heterocycles. The molecule has 1 unspecified atom stereocenters. The number of nitrogens with one attached hydrogen (secondary N) is 1. The Labute approximate surface area is 118 Å². The predicted molar refractivity (Wildman–Crippen MR) is 75.4 cm³/mol. The summed E-state index contributed by atoms with van der Waals surface area (Å²) in [5.74, 6) is -0.332. The highest BCUT2D eigenvalue weighted by Crippen LogP contribution is 2.38. The average Bonchev–Trinajstić information content (AvgIpc) is 2.38. The largest absolute Gasteiger partial charge is 0.465 e. The molecule has 6 nitrogen and oxygen atoms in total. The molecule has 1 aromatic carbocycles. The van der Waals surface area contributed by atoms with Gasteiger partial charge in [-0.05, 0) is 25.5 Å². The topological polar surface area (TPSA) is 84.9 Å². The number of unbranched alkanes of at least 4 members (excludes halogenated alkanes) is 1. The van der Waals surface area contributed by atoms with Crippen LogP contribution in [0.3, 0.4) is 0 Å². The van der Waals surface area contributed by atoms with E-state index in [2.05, 4.69) is 5.09 Å². The van der Waals surface area contributed by atoms with E-state index >= 15 is 0 Å². The Morgan fingerprint density at radius 2 is 2.05 bits per heavy atom. The van der Waals surface area contributed by atoms with Gasteiger partial charge in [0.2, 0.25) is 0 Å². The highest BCUT2D eigenvalue weighted by Gasteiger charge is 2.28. The van der Waals surface area contributed by atoms with Gasteiger partial charge in [0.05, 0.1) is 6.61 Å². The van der Waals surface area contributed by atoms with Crippen molar-refractivity contribution >= 4 is 13.7 Å². The number of hydrogen-bond acceptors (Lipinski definition) is 4. The Hall–Kier alpha value is -1.36. The summed E-state index contributed by atoms with van der Waals surface area (Å²) in [4.78, 5) is 21.2. The standard InChI is InChI=1S/C13H20NO5P/c1-3-4-10-18-13(15)11(2)14-20(16,17)19-12-8-6-5-7-9-12/h5-9,11H,3-4,10H2,1-2H3,(H2,14,16,17)/t11-/m0/s1. The van der Waals surface area contributed by atoms with Crippen molar-refractivity contribution in [2.75, 3.05) is 6.61 Å². The van der Waals surface area contributed by atoms with Gasteiger partial charge in [-0.3, -0.25) is 4.79 Å². The summed E-state index contributed by atoms with van der Waals surface area (Å²) in [5, 5.41) is 2.25. The lowest BCUT2D eigenvalue weighted by molar-refractivity contribution is -0.145. The van der Waals surface area contributed by atoms with Gasteiger partial charge in [-0.2, -0.15) is 5.09 Å². The lowest BCUT2D eigenvalue weighted by Gasteiger charge is -2.18. The first-order valence-corrected chi connectivity index (χ1v) is 8.04. The van der Waals surface area contributed by atoms with Crippen LogP contribution in [0.25, 0.3) is 0 Å². The molecule has 1 rings (SSSR count). The molecule has 2 N–H and O–H groups in total. The number of carbonyl (C=O) groups excluding carboxylic acids is 1. The predicted octanol–water partition coefficient (Wildman–Crippen LogP) is 2.49. The highest BCUT2D eigenvalue weighted by atomic mass is 31.2. The van der Waals surface area contributed by atoms with Gasteiger partial charge in [0.1, 0.15) is 11.8 Å². The van der Waals surface area contributed by atoms with E-state index < -0.39 is 19.8 Å². The van der Waals surface area contributed by atoms with Gasteiger partial charge < -0.3 is 14.2 Å². The van der Waals surface area contributed by atoms with Gasteiger partial charge in [0.25, 0.3) is 0 Å². The maximum Gasteiger partial charge on any atom is 0.456 e. The Morgan fingerprint density at radius 1 is 1.40 bits per heavy atom. The minimum Gasteiger partial charge on any atom is -0.465 e. The van der Waals surface area contributed by atoms with Gasteiger partial charge in [-0.15, -0.1) is 0 Å². The van der Waals surface area contributed by atoms with E-state index in [1.165, 1.54) is 6.92 Å². The number of hydrogen-bond donors (Lipinski definition) is 2. The van der Waals surface area contributed by atoms with E-state index in [9.17, 15) is 14.3 Å². The van der Waals surface area contributed by atoms with Crippen LogP contribution in [0.5, 0.6) is 5.75 Å². The van der Waals surface area contributed by atoms with Crippen molar-refractivity contribution in [2.24, 2.45) is 0 Å². The first-order valence-electron chi connectivity index (χ1n) is 6.46. The lowest BCUT2D eigenvalue weighted by Crippen LogP contribution is -2.34. The zero-order valence-electron chi connectivity index (χ0n) is 11.6. The second kappa shape index (κ2) is 8.04. The summed E-state index contributed by atoms with van der Waals surface area (Å²) >= 11 is 0. The van der Waals surface area contributed by atoms with Crippen molar-refractivity contribution in [1.82, 2.24) is 5.09 Å². The van der Waals surface area contributed by atoms with E-state index in [0.29, 0.717) is 6.61 Å². The third-order valence-electron chi connectivity index (χ3n) is 2.42. The Morgan fingerprint density at radius 3 is 2.65 bits per heavy atom. The molecule has 0 radical (unpaired) electrons. The molecule has 1 aromatic rings. The number of rotatable bonds is 8. The fourth-order valence-electron chi connectivity index (χ4n) is 1.39. The minimum absolute atomic E-state index is 0.248. The monoisotopic (exact) mass is 301 g/mol. The van der Waals surface area contributed by atoms with Crippen LogP contribution >= 0.6 is 7.75 Å². The Balaban J connectivity index is 2.48. The second-order valence-corrected chi connectivity index (χ2v) is 5.78. The lowest BCUT2D eigenvalue weighted by atomic mass is 10.3. The van der Waals surface area contributed by atoms with E-state index in [1.807, 2.05) is 6.92 Å². The van der Waals surface area contributed by atoms with Gasteiger partial charge >= 0.3 is 13.7 Å². The Kier molecular flexibility index (Phi) is 6.71. The van der Waals surface area contributed by atoms with Gasteiger partial charge in [-0.1, -0.05) is 31.5 Å². The van der Waals surface area contributed by atoms with Crippen LogP contribution in [0, 0.1) is 0 Å². The molecule has 0 saturated heterocycles. The maximum absolute atomic E-state index is 11.8. The number of benzene rings is 1. The molecule has 0 aliphatic heterocycles. The summed E-state index contributed by atoms with van der Waals surface area (Å²) in [6, 6.07) is 7.29. The summed E-state index contributed by atoms with van der Waals surface area (Å²) < 4.78 is 21.7. The van der Waals surface area contributed by atoms with Crippen molar-refractivity contribution < 1.29 is 23.5 Å². The van der Waals surface area contributed by atoms with Gasteiger partial charge in [-0.25, -0.2) is 4.57 Å². The van der Waals surface area contributed by atoms with Crippen molar-refractivity contribution in [3.8, 4) is 5.75 Å². The molecule has 0 saturated carbocycles. The molecule has 0 spiro atoms. The summed E-state index contributed by atoms with van der Waals surface area (Å²) in [5.41, 5.74) is 0. The molecule has 112 valence electrons. The molecule has 0 aliphatic rings. The van der Waals surface area contributed by atoms with Crippen molar-refractivity contribution in [3.05, 3.63) is 30.3 Å². The fraction of sp³-hybridized carbons (Fsp3) is 0.462. The summed E-state index contributed by atoms with van der Waals surface area (Å²) in [7, 11) is -4.11. The SMILES string of the molecule is CCCCOC(=O)[C@H](C)NP(=O)(O)Oc1ccccc1. The van der Waals surface area contributed by atoms with Gasteiger partial charge in [0.15, 0.2) is 0 Å². The van der Waals surface area contributed by atoms with Crippen LogP contribution < -0.4 is 9.61 Å². The zero-order valence-corrected chi connectivity index (χ0v) is 12.5. The Bertz CT molecular complexity index is 465. The molecule has 0 aromatic heterocycles. The maximum atomic E-state index is 11.8. The minimum atomic E-state index is -4.11. The van der Waals surface area contributed by atoms with Gasteiger partial charge in [0, 0.05) is 0 Å². The summed E-state index contributed by atoms with van der Waals surface area (Å²) in [6.45, 7) is 3.73. The van der Waals surface area contributed by atoms with Crippen molar-refractivity contribution in [1.29, 1.82) is 0 Å². The number of esters is 1. The molecule has 7 heteroatoms. The number of carbonyl (C=O) groups is 1. The average molecular weight is 301 g/mol. The molecule has 20 heavy (non-hydrogen) atoms. The van der Waals surface area contributed by atoms with Crippen molar-refractivity contribution in [2.45, 2.75) is 32.7 Å². The fourth-order valence-corrected chi connectivity index (χ4v) is 2.45. The molecular weight excluding hydrogens is 281 g/mol. The van der Waals surface area contributed by atoms with Crippen LogP contribution in [0.2, 0.25) is 0 Å². The second-order valence-electron chi connectivity index (χ2n) is 4.30. The summed E-state index contributed by atoms with van der Waals surface area (Å²) in [6.07, 6.45) is 1.67. The number of para-hydroxylation sites is 1. The molecule has 2 atom stereocenters. The van der Waals surface area contributed by atoms with E-state index in [1.54, 1.807) is 30.3 Å². The first kappa shape index (κ1) is 16.7. The first-order chi connectivity index (χ1) is 9.44. The van der Waals surface area contributed by atoms with E-state index in [0.717, 1.165) is 12.8 Å². The van der Waals surface area contributed by atoms with E-state index in [4.69, 9.17) is 9.26 Å². The van der Waals surface area contributed by atoms with Crippen LogP contribution in [-0.4, -0.2) is 23.5 Å². The third-order valence-corrected chi connectivity index (χ3v) is 3.60. The van der Waals surface area contributed by atoms with E-state index in [-0.39, 0.29) is 5.75 Å². The molecule has 0 aliphatic carbocycles. The zero-order chi connectivity index (χ0) is 15.0. The quantitative estimate of drug-likeness (QED) is 0.436. The normalized spacial score (nSPS) is 15.2. The highest BCUT2D eigenvalue weighted by molar-refractivity contribution is 7.51. The number of ether oxygens (including phenoxy) is 1. The molecule has 0 bridgehead atoms.